The van der Waals surface area contributed by atoms with Gasteiger partial charge in [0.25, 0.3) is 15.2 Å². The first-order chi connectivity index (χ1) is 7.91. The molecule has 0 saturated heterocycles. The Morgan fingerprint density at radius 1 is 1.53 bits per heavy atom. The highest BCUT2D eigenvalue weighted by molar-refractivity contribution is 7.89. The smallest absolute Gasteiger partial charge is 0.262 e. The molecule has 0 fully saturated rings. The third-order valence-corrected chi connectivity index (χ3v) is 2.89. The lowest BCUT2D eigenvalue weighted by Crippen LogP contribution is -2.13. The van der Waals surface area contributed by atoms with Crippen molar-refractivity contribution in [3.8, 4) is 11.5 Å². The summed E-state index contributed by atoms with van der Waals surface area (Å²) in [5, 5.41) is 14.9. The summed E-state index contributed by atoms with van der Waals surface area (Å²) in [7, 11) is -3.86. The molecule has 92 valence electrons. The Balaban J connectivity index is 2.50. The minimum atomic E-state index is -3.86. The van der Waals surface area contributed by atoms with Gasteiger partial charge in [0.05, 0.1) is 5.69 Å². The Labute approximate surface area is 97.9 Å². The lowest BCUT2D eigenvalue weighted by molar-refractivity contribution is 0.589. The molecule has 0 aliphatic rings. The number of hydrogen-bond donors (Lipinski definition) is 2. The maximum atomic E-state index is 11.1. The van der Waals surface area contributed by atoms with E-state index in [0.717, 1.165) is 5.69 Å². The fourth-order valence-corrected chi connectivity index (χ4v) is 1.84. The Hall–Kier alpha value is -1.74. The quantitative estimate of drug-likeness (QED) is 0.777. The van der Waals surface area contributed by atoms with Crippen LogP contribution in [0.15, 0.2) is 11.2 Å². The van der Waals surface area contributed by atoms with E-state index in [1.54, 1.807) is 10.7 Å². The first-order valence-corrected chi connectivity index (χ1v) is 6.46. The van der Waals surface area contributed by atoms with Gasteiger partial charge in [0.1, 0.15) is 5.69 Å². The Bertz CT molecular complexity index is 641. The van der Waals surface area contributed by atoms with E-state index in [-0.39, 0.29) is 11.0 Å². The number of aromatic nitrogens is 5. The molecule has 9 heteroatoms. The zero-order valence-corrected chi connectivity index (χ0v) is 10.2. The summed E-state index contributed by atoms with van der Waals surface area (Å²) >= 11 is 0. The maximum Gasteiger partial charge on any atom is 0.273 e. The highest BCUT2D eigenvalue weighted by atomic mass is 32.2. The standard InChI is InChI=1S/C8H12N6O2S/c1-3-14-6(4-5(2)13-14)7-10-8(12-11-7)17(9,15)16/h4H,3H2,1-2H3,(H2,9,15,16)(H,10,11,12). The van der Waals surface area contributed by atoms with Crippen molar-refractivity contribution >= 4 is 10.0 Å². The SMILES string of the molecule is CCn1nc(C)cc1-c1n[nH]c(S(N)(=O)=O)n1. The van der Waals surface area contributed by atoms with Crippen LogP contribution in [0.25, 0.3) is 11.5 Å². The molecule has 0 unspecified atom stereocenters. The molecule has 17 heavy (non-hydrogen) atoms. The number of nitrogens with zero attached hydrogens (tertiary/aromatic N) is 4. The van der Waals surface area contributed by atoms with Crippen LogP contribution in [0.5, 0.6) is 0 Å². The van der Waals surface area contributed by atoms with Gasteiger partial charge in [0.15, 0.2) is 5.82 Å². The zero-order valence-electron chi connectivity index (χ0n) is 9.38. The van der Waals surface area contributed by atoms with E-state index in [2.05, 4.69) is 20.3 Å². The van der Waals surface area contributed by atoms with Crippen LogP contribution in [0.2, 0.25) is 0 Å². The van der Waals surface area contributed by atoms with Crippen molar-refractivity contribution in [2.45, 2.75) is 25.5 Å². The predicted molar refractivity (Wildman–Crippen MR) is 59.4 cm³/mol. The molecular weight excluding hydrogens is 244 g/mol. The van der Waals surface area contributed by atoms with Gasteiger partial charge in [0, 0.05) is 6.54 Å². The first kappa shape index (κ1) is 11.7. The molecule has 0 aromatic carbocycles. The number of sulfonamides is 1. The van der Waals surface area contributed by atoms with Crippen LogP contribution >= 0.6 is 0 Å². The molecule has 0 saturated carbocycles. The van der Waals surface area contributed by atoms with Crippen LogP contribution in [-0.4, -0.2) is 33.4 Å². The van der Waals surface area contributed by atoms with Crippen LogP contribution in [0.3, 0.4) is 0 Å². The van der Waals surface area contributed by atoms with Crippen molar-refractivity contribution in [2.24, 2.45) is 5.14 Å². The molecule has 8 nitrogen and oxygen atoms in total. The van der Waals surface area contributed by atoms with Gasteiger partial charge < -0.3 is 0 Å². The normalized spacial score (nSPS) is 11.9. The van der Waals surface area contributed by atoms with E-state index in [0.29, 0.717) is 12.2 Å². The molecule has 3 N–H and O–H groups in total. The molecule has 2 rings (SSSR count). The maximum absolute atomic E-state index is 11.1. The zero-order chi connectivity index (χ0) is 12.6. The van der Waals surface area contributed by atoms with E-state index >= 15 is 0 Å². The second-order valence-corrected chi connectivity index (χ2v) is 4.97. The number of H-pyrrole nitrogens is 1. The molecule has 2 heterocycles. The molecule has 0 aliphatic carbocycles. The van der Waals surface area contributed by atoms with Gasteiger partial charge in [-0.1, -0.05) is 0 Å². The highest BCUT2D eigenvalue weighted by Gasteiger charge is 2.17. The van der Waals surface area contributed by atoms with Crippen molar-refractivity contribution in [2.75, 3.05) is 0 Å². The van der Waals surface area contributed by atoms with E-state index < -0.39 is 10.0 Å². The summed E-state index contributed by atoms with van der Waals surface area (Å²) < 4.78 is 23.8. The molecule has 0 bridgehead atoms. The molecule has 0 radical (unpaired) electrons. The first-order valence-electron chi connectivity index (χ1n) is 4.92. The largest absolute Gasteiger partial charge is 0.273 e. The van der Waals surface area contributed by atoms with Crippen molar-refractivity contribution < 1.29 is 8.42 Å². The van der Waals surface area contributed by atoms with Crippen LogP contribution in [0, 0.1) is 6.92 Å². The molecule has 0 amide bonds. The number of nitrogens with one attached hydrogen (secondary N) is 1. The molecular formula is C8H12N6O2S. The Kier molecular flexibility index (Phi) is 2.71. The van der Waals surface area contributed by atoms with E-state index in [9.17, 15) is 8.42 Å². The summed E-state index contributed by atoms with van der Waals surface area (Å²) in [6.07, 6.45) is 0. The number of nitrogens with two attached hydrogens (primary N) is 1. The summed E-state index contributed by atoms with van der Waals surface area (Å²) in [6.45, 7) is 4.40. The summed E-state index contributed by atoms with van der Waals surface area (Å²) in [6, 6.07) is 1.78. The van der Waals surface area contributed by atoms with Gasteiger partial charge in [-0.15, -0.1) is 0 Å². The molecule has 0 aliphatic heterocycles. The van der Waals surface area contributed by atoms with Gasteiger partial charge in [-0.2, -0.15) is 15.2 Å². The molecule has 2 aromatic rings. The lowest BCUT2D eigenvalue weighted by Gasteiger charge is -1.98. The average molecular weight is 256 g/mol. The molecule has 0 atom stereocenters. The summed E-state index contributed by atoms with van der Waals surface area (Å²) in [4.78, 5) is 3.83. The van der Waals surface area contributed by atoms with Gasteiger partial charge in [0.2, 0.25) is 0 Å². The predicted octanol–water partition coefficient (Wildman–Crippen LogP) is -0.356. The second-order valence-electron chi connectivity index (χ2n) is 3.50. The Morgan fingerprint density at radius 3 is 2.76 bits per heavy atom. The molecule has 2 aromatic heterocycles. The third-order valence-electron chi connectivity index (χ3n) is 2.17. The van der Waals surface area contributed by atoms with E-state index in [1.165, 1.54) is 0 Å². The van der Waals surface area contributed by atoms with E-state index in [1.807, 2.05) is 13.8 Å². The minimum Gasteiger partial charge on any atom is -0.262 e. The number of rotatable bonds is 3. The van der Waals surface area contributed by atoms with Gasteiger partial charge in [-0.25, -0.2) is 18.7 Å². The highest BCUT2D eigenvalue weighted by Crippen LogP contribution is 2.16. The Morgan fingerprint density at radius 2 is 2.24 bits per heavy atom. The number of aryl methyl sites for hydroxylation is 2. The van der Waals surface area contributed by atoms with Gasteiger partial charge in [-0.05, 0) is 19.9 Å². The van der Waals surface area contributed by atoms with Crippen molar-refractivity contribution in [3.05, 3.63) is 11.8 Å². The number of primary sulfonamides is 1. The number of hydrogen-bond acceptors (Lipinski definition) is 5. The monoisotopic (exact) mass is 256 g/mol. The van der Waals surface area contributed by atoms with E-state index in [4.69, 9.17) is 5.14 Å². The summed E-state index contributed by atoms with van der Waals surface area (Å²) in [5.74, 6) is 0.261. The van der Waals surface area contributed by atoms with Crippen LogP contribution < -0.4 is 5.14 Å². The van der Waals surface area contributed by atoms with Crippen molar-refractivity contribution in [1.82, 2.24) is 25.0 Å². The lowest BCUT2D eigenvalue weighted by atomic mass is 10.3. The topological polar surface area (TPSA) is 120 Å². The molecule has 0 spiro atoms. The van der Waals surface area contributed by atoms with Crippen molar-refractivity contribution in [1.29, 1.82) is 0 Å². The fourth-order valence-electron chi connectivity index (χ4n) is 1.46. The van der Waals surface area contributed by atoms with Crippen LogP contribution in [0.1, 0.15) is 12.6 Å². The summed E-state index contributed by atoms with van der Waals surface area (Å²) in [5.41, 5.74) is 1.46. The van der Waals surface area contributed by atoms with Crippen LogP contribution in [-0.2, 0) is 16.6 Å². The van der Waals surface area contributed by atoms with Crippen LogP contribution in [0.4, 0.5) is 0 Å². The average Bonchev–Trinajstić information content (AvgIpc) is 2.81. The fraction of sp³-hybridized carbons (Fsp3) is 0.375. The third kappa shape index (κ3) is 2.19. The second kappa shape index (κ2) is 3.93. The van der Waals surface area contributed by atoms with Gasteiger partial charge in [-0.3, -0.25) is 4.68 Å². The number of aromatic amines is 1. The minimum absolute atomic E-state index is 0.261. The van der Waals surface area contributed by atoms with Crippen molar-refractivity contribution in [3.63, 3.8) is 0 Å². The van der Waals surface area contributed by atoms with Gasteiger partial charge >= 0.3 is 0 Å².